The zero-order chi connectivity index (χ0) is 13.3. The SMILES string of the molecule is N#CC1(C(=O)N2CCc3ccccc3C2)CCCC1. The molecule has 98 valence electrons. The minimum absolute atomic E-state index is 0.0574. The number of rotatable bonds is 1. The van der Waals surface area contributed by atoms with Crippen LogP contribution < -0.4 is 0 Å². The Morgan fingerprint density at radius 1 is 1.21 bits per heavy atom. The van der Waals surface area contributed by atoms with Crippen LogP contribution in [0, 0.1) is 16.7 Å². The van der Waals surface area contributed by atoms with Crippen LogP contribution in [-0.4, -0.2) is 17.4 Å². The van der Waals surface area contributed by atoms with Gasteiger partial charge in [0.25, 0.3) is 0 Å². The molecule has 3 heteroatoms. The first-order valence-corrected chi connectivity index (χ1v) is 7.03. The van der Waals surface area contributed by atoms with Gasteiger partial charge in [-0.1, -0.05) is 37.1 Å². The van der Waals surface area contributed by atoms with Gasteiger partial charge in [0, 0.05) is 13.1 Å². The van der Waals surface area contributed by atoms with Gasteiger partial charge in [0.05, 0.1) is 6.07 Å². The molecule has 1 aromatic carbocycles. The lowest BCUT2D eigenvalue weighted by Gasteiger charge is -2.33. The Labute approximate surface area is 113 Å². The van der Waals surface area contributed by atoms with Crippen molar-refractivity contribution in [2.75, 3.05) is 6.54 Å². The predicted octanol–water partition coefficient (Wildman–Crippen LogP) is 2.66. The van der Waals surface area contributed by atoms with Crippen molar-refractivity contribution in [3.8, 4) is 6.07 Å². The van der Waals surface area contributed by atoms with Crippen molar-refractivity contribution in [1.82, 2.24) is 4.90 Å². The van der Waals surface area contributed by atoms with Gasteiger partial charge in [-0.05, 0) is 30.4 Å². The molecule has 1 saturated carbocycles. The van der Waals surface area contributed by atoms with Gasteiger partial charge < -0.3 is 4.90 Å². The number of hydrogen-bond donors (Lipinski definition) is 0. The fourth-order valence-electron chi connectivity index (χ4n) is 3.32. The quantitative estimate of drug-likeness (QED) is 0.773. The maximum atomic E-state index is 12.7. The van der Waals surface area contributed by atoms with Gasteiger partial charge in [-0.15, -0.1) is 0 Å². The fourth-order valence-corrected chi connectivity index (χ4v) is 3.32. The molecule has 0 unspecified atom stereocenters. The number of benzene rings is 1. The monoisotopic (exact) mass is 254 g/mol. The van der Waals surface area contributed by atoms with E-state index in [1.54, 1.807) is 0 Å². The summed E-state index contributed by atoms with van der Waals surface area (Å²) in [6.07, 6.45) is 4.39. The molecule has 3 nitrogen and oxygen atoms in total. The van der Waals surface area contributed by atoms with E-state index in [9.17, 15) is 10.1 Å². The van der Waals surface area contributed by atoms with Crippen LogP contribution in [0.15, 0.2) is 24.3 Å². The molecule has 1 aliphatic carbocycles. The normalized spacial score (nSPS) is 20.7. The van der Waals surface area contributed by atoms with Gasteiger partial charge in [-0.2, -0.15) is 5.26 Å². The number of nitriles is 1. The number of amides is 1. The number of carbonyl (C=O) groups excluding carboxylic acids is 1. The highest BCUT2D eigenvalue weighted by molar-refractivity contribution is 5.86. The van der Waals surface area contributed by atoms with E-state index in [0.29, 0.717) is 6.54 Å². The lowest BCUT2D eigenvalue weighted by atomic mass is 9.85. The second-order valence-corrected chi connectivity index (χ2v) is 5.65. The summed E-state index contributed by atoms with van der Waals surface area (Å²) in [5.41, 5.74) is 1.84. The van der Waals surface area contributed by atoms with Gasteiger partial charge in [-0.25, -0.2) is 0 Å². The second-order valence-electron chi connectivity index (χ2n) is 5.65. The van der Waals surface area contributed by atoms with Crippen LogP contribution in [0.3, 0.4) is 0 Å². The van der Waals surface area contributed by atoms with Gasteiger partial charge in [0.15, 0.2) is 0 Å². The molecular formula is C16H18N2O. The Morgan fingerprint density at radius 3 is 2.58 bits per heavy atom. The van der Waals surface area contributed by atoms with Crippen LogP contribution in [0.4, 0.5) is 0 Å². The molecule has 0 N–H and O–H groups in total. The minimum Gasteiger partial charge on any atom is -0.337 e. The molecule has 0 radical (unpaired) electrons. The van der Waals surface area contributed by atoms with Crippen molar-refractivity contribution in [1.29, 1.82) is 5.26 Å². The van der Waals surface area contributed by atoms with E-state index in [4.69, 9.17) is 0 Å². The Morgan fingerprint density at radius 2 is 1.89 bits per heavy atom. The van der Waals surface area contributed by atoms with Crippen molar-refractivity contribution < 1.29 is 4.79 Å². The number of hydrogen-bond acceptors (Lipinski definition) is 2. The third-order valence-corrected chi connectivity index (χ3v) is 4.50. The molecule has 1 heterocycles. The summed E-state index contributed by atoms with van der Waals surface area (Å²) in [5, 5.41) is 9.42. The van der Waals surface area contributed by atoms with E-state index >= 15 is 0 Å². The Hall–Kier alpha value is -1.82. The topological polar surface area (TPSA) is 44.1 Å². The van der Waals surface area contributed by atoms with Gasteiger partial charge in [-0.3, -0.25) is 4.79 Å². The first kappa shape index (κ1) is 12.2. The smallest absolute Gasteiger partial charge is 0.243 e. The van der Waals surface area contributed by atoms with Crippen LogP contribution in [-0.2, 0) is 17.8 Å². The minimum atomic E-state index is -0.730. The van der Waals surface area contributed by atoms with E-state index in [1.807, 2.05) is 17.0 Å². The van der Waals surface area contributed by atoms with Crippen LogP contribution in [0.5, 0.6) is 0 Å². The molecule has 1 aromatic rings. The van der Waals surface area contributed by atoms with E-state index in [2.05, 4.69) is 18.2 Å². The summed E-state index contributed by atoms with van der Waals surface area (Å²) < 4.78 is 0. The highest BCUT2D eigenvalue weighted by Gasteiger charge is 2.44. The molecule has 1 amide bonds. The highest BCUT2D eigenvalue weighted by Crippen LogP contribution is 2.40. The van der Waals surface area contributed by atoms with Crippen molar-refractivity contribution in [3.63, 3.8) is 0 Å². The zero-order valence-electron chi connectivity index (χ0n) is 11.1. The van der Waals surface area contributed by atoms with Gasteiger partial charge in [0.2, 0.25) is 5.91 Å². The average Bonchev–Trinajstić information content (AvgIpc) is 2.96. The molecule has 0 aromatic heterocycles. The number of fused-ring (bicyclic) bond motifs is 1. The van der Waals surface area contributed by atoms with Crippen molar-refractivity contribution >= 4 is 5.91 Å². The molecule has 0 saturated heterocycles. The van der Waals surface area contributed by atoms with Crippen molar-refractivity contribution in [3.05, 3.63) is 35.4 Å². The van der Waals surface area contributed by atoms with Gasteiger partial charge in [0.1, 0.15) is 5.41 Å². The molecule has 1 fully saturated rings. The number of nitrogens with zero attached hydrogens (tertiary/aromatic N) is 2. The van der Waals surface area contributed by atoms with E-state index in [0.717, 1.165) is 38.6 Å². The first-order chi connectivity index (χ1) is 9.25. The predicted molar refractivity (Wildman–Crippen MR) is 72.1 cm³/mol. The average molecular weight is 254 g/mol. The van der Waals surface area contributed by atoms with Crippen LogP contribution >= 0.6 is 0 Å². The lowest BCUT2D eigenvalue weighted by Crippen LogP contribution is -2.44. The van der Waals surface area contributed by atoms with E-state index < -0.39 is 5.41 Å². The number of carbonyl (C=O) groups is 1. The lowest BCUT2D eigenvalue weighted by molar-refractivity contribution is -0.139. The van der Waals surface area contributed by atoms with E-state index in [1.165, 1.54) is 11.1 Å². The van der Waals surface area contributed by atoms with Crippen LogP contribution in [0.1, 0.15) is 36.8 Å². The third kappa shape index (κ3) is 2.02. The largest absolute Gasteiger partial charge is 0.337 e. The molecule has 0 bridgehead atoms. The standard InChI is InChI=1S/C16H18N2O/c17-12-16(8-3-4-9-16)15(19)18-10-7-13-5-1-2-6-14(13)11-18/h1-2,5-6H,3-4,7-11H2. The Balaban J connectivity index is 1.82. The summed E-state index contributed by atoms with van der Waals surface area (Å²) in [5.74, 6) is 0.0574. The summed E-state index contributed by atoms with van der Waals surface area (Å²) in [6, 6.07) is 10.6. The third-order valence-electron chi connectivity index (χ3n) is 4.50. The molecular weight excluding hydrogens is 236 g/mol. The Bertz CT molecular complexity index is 538. The second kappa shape index (κ2) is 4.70. The zero-order valence-corrected chi connectivity index (χ0v) is 11.1. The maximum absolute atomic E-state index is 12.7. The summed E-state index contributed by atoms with van der Waals surface area (Å²) in [7, 11) is 0. The summed E-state index contributed by atoms with van der Waals surface area (Å²) in [4.78, 5) is 14.6. The van der Waals surface area contributed by atoms with Crippen molar-refractivity contribution in [2.45, 2.75) is 38.6 Å². The molecule has 2 aliphatic rings. The first-order valence-electron chi connectivity index (χ1n) is 7.03. The molecule has 1 aliphatic heterocycles. The summed E-state index contributed by atoms with van der Waals surface area (Å²) >= 11 is 0. The molecule has 0 spiro atoms. The Kier molecular flexibility index (Phi) is 3.02. The van der Waals surface area contributed by atoms with Crippen molar-refractivity contribution in [2.24, 2.45) is 5.41 Å². The fraction of sp³-hybridized carbons (Fsp3) is 0.500. The van der Waals surface area contributed by atoms with E-state index in [-0.39, 0.29) is 5.91 Å². The highest BCUT2D eigenvalue weighted by atomic mass is 16.2. The molecule has 19 heavy (non-hydrogen) atoms. The molecule has 0 atom stereocenters. The molecule has 3 rings (SSSR count). The van der Waals surface area contributed by atoms with Gasteiger partial charge >= 0.3 is 0 Å². The summed E-state index contributed by atoms with van der Waals surface area (Å²) in [6.45, 7) is 1.41. The maximum Gasteiger partial charge on any atom is 0.243 e. The van der Waals surface area contributed by atoms with Crippen LogP contribution in [0.25, 0.3) is 0 Å². The van der Waals surface area contributed by atoms with Crippen LogP contribution in [0.2, 0.25) is 0 Å².